The molecule has 0 radical (unpaired) electrons. The molecule has 0 unspecified atom stereocenters. The van der Waals surface area contributed by atoms with E-state index in [1.54, 1.807) is 11.3 Å². The fourth-order valence-electron chi connectivity index (χ4n) is 3.07. The summed E-state index contributed by atoms with van der Waals surface area (Å²) in [6, 6.07) is 4.29. The predicted octanol–water partition coefficient (Wildman–Crippen LogP) is 3.82. The van der Waals surface area contributed by atoms with Gasteiger partial charge >= 0.3 is 0 Å². The van der Waals surface area contributed by atoms with Crippen molar-refractivity contribution >= 4 is 17.2 Å². The molecular weight excluding hydrogens is 310 g/mol. The molecule has 0 aliphatic heterocycles. The zero-order chi connectivity index (χ0) is 16.1. The number of thiophene rings is 1. The Kier molecular flexibility index (Phi) is 5.43. The van der Waals surface area contributed by atoms with Crippen molar-refractivity contribution in [1.82, 2.24) is 15.5 Å². The van der Waals surface area contributed by atoms with E-state index in [9.17, 15) is 4.79 Å². The standard InChI is InChI=1S/C17H23N3O2S/c1-12-6-2-3-7-13(12)18-15(21)9-4-10-16-19-17(20-22-16)14-8-5-11-23-14/h5,8,11-13H,2-4,6-7,9-10H2,1H3,(H,18,21)/t12-,13-/m0/s1. The van der Waals surface area contributed by atoms with Gasteiger partial charge in [-0.3, -0.25) is 4.79 Å². The van der Waals surface area contributed by atoms with Crippen LogP contribution < -0.4 is 5.32 Å². The van der Waals surface area contributed by atoms with Crippen molar-refractivity contribution < 1.29 is 9.32 Å². The summed E-state index contributed by atoms with van der Waals surface area (Å²) < 4.78 is 5.25. The van der Waals surface area contributed by atoms with Gasteiger partial charge in [-0.2, -0.15) is 4.98 Å². The Balaban J connectivity index is 1.41. The molecule has 124 valence electrons. The summed E-state index contributed by atoms with van der Waals surface area (Å²) in [5.41, 5.74) is 0. The molecule has 0 bridgehead atoms. The Labute approximate surface area is 140 Å². The van der Waals surface area contributed by atoms with E-state index < -0.39 is 0 Å². The van der Waals surface area contributed by atoms with Crippen LogP contribution in [0.25, 0.3) is 10.7 Å². The number of nitrogens with one attached hydrogen (secondary N) is 1. The molecule has 2 aromatic rings. The second kappa shape index (κ2) is 7.73. The molecule has 2 heterocycles. The quantitative estimate of drug-likeness (QED) is 0.872. The molecule has 0 aromatic carbocycles. The molecule has 1 fully saturated rings. The lowest BCUT2D eigenvalue weighted by Gasteiger charge is -2.29. The maximum atomic E-state index is 12.1. The van der Waals surface area contributed by atoms with Crippen LogP contribution in [-0.4, -0.2) is 22.1 Å². The molecule has 1 aliphatic carbocycles. The molecule has 1 saturated carbocycles. The van der Waals surface area contributed by atoms with Gasteiger partial charge in [0.1, 0.15) is 0 Å². The minimum atomic E-state index is 0.141. The number of hydrogen-bond acceptors (Lipinski definition) is 5. The first-order valence-corrected chi connectivity index (χ1v) is 9.26. The van der Waals surface area contributed by atoms with Crippen LogP contribution in [0.1, 0.15) is 51.3 Å². The van der Waals surface area contributed by atoms with E-state index in [1.807, 2.05) is 17.5 Å². The summed E-state index contributed by atoms with van der Waals surface area (Å²) in [5, 5.41) is 9.15. The fraction of sp³-hybridized carbons (Fsp3) is 0.588. The molecule has 3 rings (SSSR count). The van der Waals surface area contributed by atoms with Crippen molar-refractivity contribution in [2.24, 2.45) is 5.92 Å². The summed E-state index contributed by atoms with van der Waals surface area (Å²) in [5.74, 6) is 1.97. The number of hydrogen-bond donors (Lipinski definition) is 1. The largest absolute Gasteiger partial charge is 0.353 e. The van der Waals surface area contributed by atoms with E-state index >= 15 is 0 Å². The lowest BCUT2D eigenvalue weighted by molar-refractivity contribution is -0.122. The van der Waals surface area contributed by atoms with Gasteiger partial charge in [-0.15, -0.1) is 11.3 Å². The number of nitrogens with zero attached hydrogens (tertiary/aromatic N) is 2. The van der Waals surface area contributed by atoms with E-state index in [2.05, 4.69) is 22.4 Å². The summed E-state index contributed by atoms with van der Waals surface area (Å²) in [4.78, 5) is 17.4. The van der Waals surface area contributed by atoms with E-state index in [0.717, 1.165) is 17.7 Å². The monoisotopic (exact) mass is 333 g/mol. The minimum absolute atomic E-state index is 0.141. The fourth-order valence-corrected chi connectivity index (χ4v) is 3.72. The summed E-state index contributed by atoms with van der Waals surface area (Å²) in [6.45, 7) is 2.23. The maximum absolute atomic E-state index is 12.1. The van der Waals surface area contributed by atoms with Gasteiger partial charge in [-0.05, 0) is 36.6 Å². The maximum Gasteiger partial charge on any atom is 0.226 e. The van der Waals surface area contributed by atoms with Gasteiger partial charge in [0.05, 0.1) is 4.88 Å². The molecule has 23 heavy (non-hydrogen) atoms. The van der Waals surface area contributed by atoms with Crippen molar-refractivity contribution in [3.63, 3.8) is 0 Å². The smallest absolute Gasteiger partial charge is 0.226 e. The van der Waals surface area contributed by atoms with Crippen molar-refractivity contribution in [2.45, 2.75) is 57.9 Å². The molecule has 0 saturated heterocycles. The predicted molar refractivity (Wildman–Crippen MR) is 90.1 cm³/mol. The summed E-state index contributed by atoms with van der Waals surface area (Å²) in [6.07, 6.45) is 6.74. The minimum Gasteiger partial charge on any atom is -0.353 e. The Morgan fingerprint density at radius 3 is 3.09 bits per heavy atom. The van der Waals surface area contributed by atoms with Gasteiger partial charge in [0, 0.05) is 18.9 Å². The molecule has 1 N–H and O–H groups in total. The second-order valence-electron chi connectivity index (χ2n) is 6.28. The first-order chi connectivity index (χ1) is 11.2. The number of aromatic nitrogens is 2. The number of carbonyl (C=O) groups is 1. The summed E-state index contributed by atoms with van der Waals surface area (Å²) >= 11 is 1.59. The lowest BCUT2D eigenvalue weighted by Crippen LogP contribution is -2.40. The van der Waals surface area contributed by atoms with Crippen LogP contribution >= 0.6 is 11.3 Å². The van der Waals surface area contributed by atoms with Crippen LogP contribution in [0.15, 0.2) is 22.0 Å². The zero-order valence-corrected chi connectivity index (χ0v) is 14.3. The first-order valence-electron chi connectivity index (χ1n) is 8.38. The van der Waals surface area contributed by atoms with Crippen molar-refractivity contribution in [3.8, 4) is 10.7 Å². The van der Waals surface area contributed by atoms with Gasteiger partial charge in [0.25, 0.3) is 0 Å². The van der Waals surface area contributed by atoms with E-state index in [-0.39, 0.29) is 5.91 Å². The Hall–Kier alpha value is -1.69. The van der Waals surface area contributed by atoms with Gasteiger partial charge in [-0.25, -0.2) is 0 Å². The highest BCUT2D eigenvalue weighted by Crippen LogP contribution is 2.24. The lowest BCUT2D eigenvalue weighted by atomic mass is 9.86. The molecule has 0 spiro atoms. The third-order valence-corrected chi connectivity index (χ3v) is 5.33. The van der Waals surface area contributed by atoms with Crippen molar-refractivity contribution in [2.75, 3.05) is 0 Å². The summed E-state index contributed by atoms with van der Waals surface area (Å²) in [7, 11) is 0. The topological polar surface area (TPSA) is 68.0 Å². The van der Waals surface area contributed by atoms with Crippen LogP contribution in [0.2, 0.25) is 0 Å². The van der Waals surface area contributed by atoms with Crippen LogP contribution in [0, 0.1) is 5.92 Å². The Bertz CT molecular complexity index is 624. The average molecular weight is 333 g/mol. The Morgan fingerprint density at radius 2 is 2.30 bits per heavy atom. The van der Waals surface area contributed by atoms with Gasteiger partial charge < -0.3 is 9.84 Å². The zero-order valence-electron chi connectivity index (χ0n) is 13.5. The normalized spacial score (nSPS) is 21.3. The number of amides is 1. The van der Waals surface area contributed by atoms with Crippen molar-refractivity contribution in [1.29, 1.82) is 0 Å². The molecule has 2 aromatic heterocycles. The average Bonchev–Trinajstić information content (AvgIpc) is 3.20. The first kappa shape index (κ1) is 16.2. The van der Waals surface area contributed by atoms with Crippen LogP contribution in [0.5, 0.6) is 0 Å². The molecule has 1 amide bonds. The molecule has 6 heteroatoms. The highest BCUT2D eigenvalue weighted by Gasteiger charge is 2.22. The highest BCUT2D eigenvalue weighted by atomic mass is 32.1. The highest BCUT2D eigenvalue weighted by molar-refractivity contribution is 7.13. The molecular formula is C17H23N3O2S. The molecule has 1 aliphatic rings. The van der Waals surface area contributed by atoms with Gasteiger partial charge in [0.15, 0.2) is 0 Å². The van der Waals surface area contributed by atoms with E-state index in [4.69, 9.17) is 4.52 Å². The van der Waals surface area contributed by atoms with Gasteiger partial charge in [-0.1, -0.05) is 31.0 Å². The number of aryl methyl sites for hydroxylation is 1. The van der Waals surface area contributed by atoms with Crippen LogP contribution in [-0.2, 0) is 11.2 Å². The van der Waals surface area contributed by atoms with Crippen LogP contribution in [0.4, 0.5) is 0 Å². The molecule has 2 atom stereocenters. The van der Waals surface area contributed by atoms with E-state index in [0.29, 0.717) is 36.5 Å². The SMILES string of the molecule is C[C@H]1CCCC[C@@H]1NC(=O)CCCc1nc(-c2cccs2)no1. The third kappa shape index (κ3) is 4.41. The number of carbonyl (C=O) groups excluding carboxylic acids is 1. The number of rotatable bonds is 6. The second-order valence-corrected chi connectivity index (χ2v) is 7.23. The van der Waals surface area contributed by atoms with E-state index in [1.165, 1.54) is 19.3 Å². The van der Waals surface area contributed by atoms with Gasteiger partial charge in [0.2, 0.25) is 17.6 Å². The third-order valence-electron chi connectivity index (χ3n) is 4.46. The Morgan fingerprint density at radius 1 is 1.43 bits per heavy atom. The van der Waals surface area contributed by atoms with Crippen LogP contribution in [0.3, 0.4) is 0 Å². The molecule has 5 nitrogen and oxygen atoms in total. The van der Waals surface area contributed by atoms with Crippen molar-refractivity contribution in [3.05, 3.63) is 23.4 Å².